The number of hydrogen-bond donors (Lipinski definition) is 1. The highest BCUT2D eigenvalue weighted by Crippen LogP contribution is 2.27. The van der Waals surface area contributed by atoms with Gasteiger partial charge in [0.15, 0.2) is 6.61 Å². The van der Waals surface area contributed by atoms with Crippen LogP contribution in [0, 0.1) is 0 Å². The molecule has 0 atom stereocenters. The first-order valence-corrected chi connectivity index (χ1v) is 7.86. The molecule has 0 bridgehead atoms. The summed E-state index contributed by atoms with van der Waals surface area (Å²) in [5.74, 6) is 1.08. The largest absolute Gasteiger partial charge is 0.494 e. The van der Waals surface area contributed by atoms with Gasteiger partial charge in [0.2, 0.25) is 0 Å². The van der Waals surface area contributed by atoms with Crippen LogP contribution < -0.4 is 14.8 Å². The summed E-state index contributed by atoms with van der Waals surface area (Å²) >= 11 is 9.18. The molecule has 0 saturated carbocycles. The second-order valence-electron chi connectivity index (χ2n) is 4.37. The van der Waals surface area contributed by atoms with Gasteiger partial charge in [0.1, 0.15) is 11.5 Å². The van der Waals surface area contributed by atoms with Gasteiger partial charge in [0.25, 0.3) is 5.91 Å². The Bertz CT molecular complexity index is 646. The Kier molecular flexibility index (Phi) is 6.10. The standard InChI is InChI=1S/C16H15BrClNO3/c1-2-21-13-6-4-12(5-7-13)19-16(20)10-22-15-8-3-11(18)9-14(15)17/h3-9H,2,10H2,1H3,(H,19,20). The Morgan fingerprint density at radius 2 is 1.91 bits per heavy atom. The zero-order chi connectivity index (χ0) is 15.9. The normalized spacial score (nSPS) is 10.1. The van der Waals surface area contributed by atoms with Crippen molar-refractivity contribution in [1.82, 2.24) is 0 Å². The fourth-order valence-corrected chi connectivity index (χ4v) is 2.53. The minimum absolute atomic E-state index is 0.0898. The lowest BCUT2D eigenvalue weighted by Crippen LogP contribution is -2.20. The zero-order valence-electron chi connectivity index (χ0n) is 11.9. The van der Waals surface area contributed by atoms with Crippen molar-refractivity contribution in [2.24, 2.45) is 0 Å². The molecule has 0 aromatic heterocycles. The van der Waals surface area contributed by atoms with Gasteiger partial charge in [-0.2, -0.15) is 0 Å². The lowest BCUT2D eigenvalue weighted by atomic mass is 10.3. The SMILES string of the molecule is CCOc1ccc(NC(=O)COc2ccc(Cl)cc2Br)cc1. The summed E-state index contributed by atoms with van der Waals surface area (Å²) in [4.78, 5) is 11.9. The van der Waals surface area contributed by atoms with Gasteiger partial charge < -0.3 is 14.8 Å². The lowest BCUT2D eigenvalue weighted by molar-refractivity contribution is -0.118. The van der Waals surface area contributed by atoms with Crippen LogP contribution in [0.4, 0.5) is 5.69 Å². The average Bonchev–Trinajstić information content (AvgIpc) is 2.49. The predicted molar refractivity (Wildman–Crippen MR) is 90.9 cm³/mol. The molecule has 0 heterocycles. The number of anilines is 1. The predicted octanol–water partition coefficient (Wildman–Crippen LogP) is 4.52. The molecule has 0 spiro atoms. The van der Waals surface area contributed by atoms with Gasteiger partial charge in [-0.25, -0.2) is 0 Å². The molecule has 0 unspecified atom stereocenters. The molecule has 4 nitrogen and oxygen atoms in total. The maximum atomic E-state index is 11.9. The van der Waals surface area contributed by atoms with E-state index in [9.17, 15) is 4.79 Å². The van der Waals surface area contributed by atoms with Gasteiger partial charge >= 0.3 is 0 Å². The minimum Gasteiger partial charge on any atom is -0.494 e. The van der Waals surface area contributed by atoms with Crippen molar-refractivity contribution in [2.75, 3.05) is 18.5 Å². The molecule has 2 aromatic carbocycles. The Balaban J connectivity index is 1.87. The van der Waals surface area contributed by atoms with Gasteiger partial charge in [-0.05, 0) is 65.3 Å². The van der Waals surface area contributed by atoms with E-state index in [-0.39, 0.29) is 12.5 Å². The van der Waals surface area contributed by atoms with E-state index >= 15 is 0 Å². The molecule has 1 amide bonds. The number of amides is 1. The fraction of sp³-hybridized carbons (Fsp3) is 0.188. The van der Waals surface area contributed by atoms with Crippen LogP contribution in [0.1, 0.15) is 6.92 Å². The van der Waals surface area contributed by atoms with Crippen LogP contribution in [0.15, 0.2) is 46.9 Å². The van der Waals surface area contributed by atoms with Crippen LogP contribution in [-0.2, 0) is 4.79 Å². The molecule has 0 aliphatic heterocycles. The van der Waals surface area contributed by atoms with Crippen molar-refractivity contribution in [1.29, 1.82) is 0 Å². The van der Waals surface area contributed by atoms with E-state index in [0.29, 0.717) is 27.5 Å². The Morgan fingerprint density at radius 3 is 2.55 bits per heavy atom. The van der Waals surface area contributed by atoms with E-state index in [2.05, 4.69) is 21.2 Å². The molecular formula is C16H15BrClNO3. The summed E-state index contributed by atoms with van der Waals surface area (Å²) in [6.07, 6.45) is 0. The van der Waals surface area contributed by atoms with E-state index in [4.69, 9.17) is 21.1 Å². The van der Waals surface area contributed by atoms with Crippen molar-refractivity contribution in [3.63, 3.8) is 0 Å². The highest BCUT2D eigenvalue weighted by molar-refractivity contribution is 9.10. The van der Waals surface area contributed by atoms with Crippen molar-refractivity contribution in [3.8, 4) is 11.5 Å². The summed E-state index contributed by atoms with van der Waals surface area (Å²) in [7, 11) is 0. The molecule has 1 N–H and O–H groups in total. The van der Waals surface area contributed by atoms with Gasteiger partial charge in [-0.3, -0.25) is 4.79 Å². The number of ether oxygens (including phenoxy) is 2. The third-order valence-electron chi connectivity index (χ3n) is 2.70. The van der Waals surface area contributed by atoms with E-state index in [1.165, 1.54) is 0 Å². The smallest absolute Gasteiger partial charge is 0.262 e. The summed E-state index contributed by atoms with van der Waals surface area (Å²) < 4.78 is 11.5. The Labute approximate surface area is 142 Å². The fourth-order valence-electron chi connectivity index (χ4n) is 1.73. The third-order valence-corrected chi connectivity index (χ3v) is 3.56. The number of rotatable bonds is 6. The Hall–Kier alpha value is -1.72. The van der Waals surface area contributed by atoms with Gasteiger partial charge in [0.05, 0.1) is 11.1 Å². The quantitative estimate of drug-likeness (QED) is 0.796. The van der Waals surface area contributed by atoms with Crippen LogP contribution >= 0.6 is 27.5 Å². The van der Waals surface area contributed by atoms with Crippen LogP contribution in [0.25, 0.3) is 0 Å². The minimum atomic E-state index is -0.244. The van der Waals surface area contributed by atoms with E-state index in [1.54, 1.807) is 42.5 Å². The van der Waals surface area contributed by atoms with E-state index < -0.39 is 0 Å². The number of halogens is 2. The number of benzene rings is 2. The molecule has 2 aromatic rings. The topological polar surface area (TPSA) is 47.6 Å². The maximum Gasteiger partial charge on any atom is 0.262 e. The second kappa shape index (κ2) is 8.06. The average molecular weight is 385 g/mol. The van der Waals surface area contributed by atoms with E-state index in [1.807, 2.05) is 6.92 Å². The molecule has 0 aliphatic carbocycles. The summed E-state index contributed by atoms with van der Waals surface area (Å²) in [6, 6.07) is 12.3. The molecule has 116 valence electrons. The highest BCUT2D eigenvalue weighted by atomic mass is 79.9. The Morgan fingerprint density at radius 1 is 1.18 bits per heavy atom. The summed E-state index contributed by atoms with van der Waals surface area (Å²) in [6.45, 7) is 2.44. The van der Waals surface area contributed by atoms with Gasteiger partial charge in [-0.1, -0.05) is 11.6 Å². The van der Waals surface area contributed by atoms with Crippen LogP contribution in [-0.4, -0.2) is 19.1 Å². The zero-order valence-corrected chi connectivity index (χ0v) is 14.3. The molecule has 2 rings (SSSR count). The summed E-state index contributed by atoms with van der Waals surface area (Å²) in [5, 5.41) is 3.35. The van der Waals surface area contributed by atoms with E-state index in [0.717, 1.165) is 5.75 Å². The highest BCUT2D eigenvalue weighted by Gasteiger charge is 2.07. The molecular weight excluding hydrogens is 370 g/mol. The number of carbonyl (C=O) groups is 1. The second-order valence-corrected chi connectivity index (χ2v) is 5.66. The van der Waals surface area contributed by atoms with Gasteiger partial charge in [-0.15, -0.1) is 0 Å². The molecule has 0 fully saturated rings. The van der Waals surface area contributed by atoms with Crippen molar-refractivity contribution in [3.05, 3.63) is 52.0 Å². The lowest BCUT2D eigenvalue weighted by Gasteiger charge is -2.09. The molecule has 6 heteroatoms. The maximum absolute atomic E-state index is 11.9. The van der Waals surface area contributed by atoms with Crippen LogP contribution in [0.3, 0.4) is 0 Å². The summed E-state index contributed by atoms with van der Waals surface area (Å²) in [5.41, 5.74) is 0.687. The first kappa shape index (κ1) is 16.6. The molecule has 0 radical (unpaired) electrons. The first-order chi connectivity index (χ1) is 10.6. The number of nitrogens with one attached hydrogen (secondary N) is 1. The number of carbonyl (C=O) groups excluding carboxylic acids is 1. The van der Waals surface area contributed by atoms with Crippen LogP contribution in [0.5, 0.6) is 11.5 Å². The molecule has 0 aliphatic rings. The van der Waals surface area contributed by atoms with Crippen LogP contribution in [0.2, 0.25) is 5.02 Å². The van der Waals surface area contributed by atoms with Crippen molar-refractivity contribution < 1.29 is 14.3 Å². The van der Waals surface area contributed by atoms with Gasteiger partial charge in [0, 0.05) is 10.7 Å². The van der Waals surface area contributed by atoms with Crippen molar-refractivity contribution >= 4 is 39.1 Å². The monoisotopic (exact) mass is 383 g/mol. The molecule has 22 heavy (non-hydrogen) atoms. The van der Waals surface area contributed by atoms with Crippen molar-refractivity contribution in [2.45, 2.75) is 6.92 Å². The first-order valence-electron chi connectivity index (χ1n) is 6.69. The molecule has 0 saturated heterocycles. The third kappa shape index (κ3) is 4.93. The number of hydrogen-bond acceptors (Lipinski definition) is 3.